The molecule has 0 radical (unpaired) electrons. The number of anilines is 2. The maximum atomic E-state index is 13.2. The summed E-state index contributed by atoms with van der Waals surface area (Å²) in [7, 11) is 3.77. The van der Waals surface area contributed by atoms with E-state index in [2.05, 4.69) is 27.6 Å². The molecule has 1 aliphatic carbocycles. The number of aryl methyl sites for hydroxylation is 1. The lowest BCUT2D eigenvalue weighted by molar-refractivity contribution is -0.131. The molecule has 0 atom stereocenters. The second kappa shape index (κ2) is 12.7. The highest BCUT2D eigenvalue weighted by atomic mass is 19.1. The molecule has 4 aromatic rings. The van der Waals surface area contributed by atoms with Gasteiger partial charge in [-0.1, -0.05) is 0 Å². The van der Waals surface area contributed by atoms with Crippen LogP contribution in [-0.4, -0.2) is 55.6 Å². The number of nitrogens with zero attached hydrogens (tertiary/aromatic N) is 2. The topological polar surface area (TPSA) is 102 Å². The normalized spacial score (nSPS) is 16.2. The van der Waals surface area contributed by atoms with Gasteiger partial charge in [-0.3, -0.25) is 14.6 Å². The van der Waals surface area contributed by atoms with Crippen LogP contribution in [0.2, 0.25) is 0 Å². The van der Waals surface area contributed by atoms with Gasteiger partial charge >= 0.3 is 0 Å². The molecule has 0 spiro atoms. The quantitative estimate of drug-likeness (QED) is 0.196. The third-order valence-electron chi connectivity index (χ3n) is 8.67. The fraction of sp³-hybridized carbons (Fsp3) is 0.343. The first-order valence-electron chi connectivity index (χ1n) is 15.2. The van der Waals surface area contributed by atoms with Crippen LogP contribution in [-0.2, 0) is 9.59 Å². The van der Waals surface area contributed by atoms with Crippen LogP contribution in [0.5, 0.6) is 23.0 Å². The number of fused-ring (bicyclic) bond motifs is 1. The van der Waals surface area contributed by atoms with E-state index in [1.165, 1.54) is 24.3 Å². The number of nitrogens with one attached hydrogen (secondary N) is 2. The Morgan fingerprint density at radius 2 is 1.60 bits per heavy atom. The number of hydrogen-bond acceptors (Lipinski definition) is 7. The number of methoxy groups -OCH3 is 1. The third kappa shape index (κ3) is 6.71. The van der Waals surface area contributed by atoms with Gasteiger partial charge in [0.2, 0.25) is 11.8 Å². The van der Waals surface area contributed by atoms with Gasteiger partial charge in [-0.2, -0.15) is 0 Å². The minimum Gasteiger partial charge on any atom is -0.493 e. The van der Waals surface area contributed by atoms with Crippen molar-refractivity contribution in [2.75, 3.05) is 44.5 Å². The Balaban J connectivity index is 1.13. The summed E-state index contributed by atoms with van der Waals surface area (Å²) in [5, 5.41) is 6.39. The summed E-state index contributed by atoms with van der Waals surface area (Å²) in [6.07, 6.45) is 4.79. The first-order valence-corrected chi connectivity index (χ1v) is 15.2. The number of benzene rings is 3. The number of hydrogen-bond donors (Lipinski definition) is 2. The predicted molar refractivity (Wildman–Crippen MR) is 171 cm³/mol. The first-order chi connectivity index (χ1) is 21.7. The Hall–Kier alpha value is -4.70. The number of amides is 2. The Labute approximate surface area is 261 Å². The zero-order valence-corrected chi connectivity index (χ0v) is 25.7. The van der Waals surface area contributed by atoms with Crippen molar-refractivity contribution in [3.63, 3.8) is 0 Å². The largest absolute Gasteiger partial charge is 0.493 e. The van der Waals surface area contributed by atoms with Crippen LogP contribution in [0.1, 0.15) is 31.2 Å². The van der Waals surface area contributed by atoms with Crippen LogP contribution in [0.4, 0.5) is 15.8 Å². The SMILES string of the molecule is COc1cc2c(Oc3ccc(NC(=O)C4(C(=O)Nc5ccc(F)cc5)CC4)cc3C)ccnc2cc1OCC1CCN(C)CC1. The van der Waals surface area contributed by atoms with Crippen LogP contribution < -0.4 is 24.8 Å². The Bertz CT molecular complexity index is 1720. The van der Waals surface area contributed by atoms with Crippen molar-refractivity contribution < 1.29 is 28.2 Å². The van der Waals surface area contributed by atoms with Crippen molar-refractivity contribution in [3.05, 3.63) is 78.2 Å². The van der Waals surface area contributed by atoms with Crippen molar-refractivity contribution in [1.29, 1.82) is 0 Å². The zero-order valence-electron chi connectivity index (χ0n) is 25.7. The number of carbonyl (C=O) groups is 2. The molecule has 2 fully saturated rings. The summed E-state index contributed by atoms with van der Waals surface area (Å²) >= 11 is 0. The standard InChI is InChI=1S/C35H37FN4O5/c1-22-18-26(39-34(42)35(13-14-35)33(41)38-25-6-4-24(36)5-7-25)8-9-29(22)45-30-10-15-37-28-20-32(31(43-3)19-27(28)30)44-21-23-11-16-40(2)17-12-23/h4-10,15,18-20,23H,11-14,16-17,21H2,1-3H3,(H,38,41)(H,39,42). The molecule has 6 rings (SSSR count). The maximum absolute atomic E-state index is 13.2. The number of rotatable bonds is 10. The highest BCUT2D eigenvalue weighted by Crippen LogP contribution is 2.48. The van der Waals surface area contributed by atoms with E-state index in [1.54, 1.807) is 37.6 Å². The van der Waals surface area contributed by atoms with Gasteiger partial charge in [0.25, 0.3) is 0 Å². The maximum Gasteiger partial charge on any atom is 0.240 e. The fourth-order valence-corrected chi connectivity index (χ4v) is 5.60. The fourth-order valence-electron chi connectivity index (χ4n) is 5.60. The summed E-state index contributed by atoms with van der Waals surface area (Å²) in [5.74, 6) is 1.81. The second-order valence-corrected chi connectivity index (χ2v) is 12.0. The van der Waals surface area contributed by atoms with Crippen molar-refractivity contribution >= 4 is 34.1 Å². The molecule has 9 nitrogen and oxygen atoms in total. The summed E-state index contributed by atoms with van der Waals surface area (Å²) < 4.78 is 31.5. The monoisotopic (exact) mass is 612 g/mol. The molecular formula is C35H37FN4O5. The van der Waals surface area contributed by atoms with E-state index in [4.69, 9.17) is 14.2 Å². The van der Waals surface area contributed by atoms with E-state index in [1.807, 2.05) is 19.1 Å². The smallest absolute Gasteiger partial charge is 0.240 e. The Morgan fingerprint density at radius 1 is 0.911 bits per heavy atom. The van der Waals surface area contributed by atoms with E-state index in [0.29, 0.717) is 59.7 Å². The van der Waals surface area contributed by atoms with Gasteiger partial charge in [0.15, 0.2) is 11.5 Å². The number of piperidine rings is 1. The minimum absolute atomic E-state index is 0.378. The van der Waals surface area contributed by atoms with Gasteiger partial charge in [-0.25, -0.2) is 4.39 Å². The molecule has 0 bridgehead atoms. The average Bonchev–Trinajstić information content (AvgIpc) is 3.85. The number of aromatic nitrogens is 1. The molecule has 3 aromatic carbocycles. The van der Waals surface area contributed by atoms with Gasteiger partial charge in [0, 0.05) is 29.0 Å². The van der Waals surface area contributed by atoms with Crippen molar-refractivity contribution in [2.24, 2.45) is 11.3 Å². The van der Waals surface area contributed by atoms with Crippen LogP contribution in [0.3, 0.4) is 0 Å². The lowest BCUT2D eigenvalue weighted by Gasteiger charge is -2.28. The predicted octanol–water partition coefficient (Wildman–Crippen LogP) is 6.56. The lowest BCUT2D eigenvalue weighted by Crippen LogP contribution is -2.35. The molecule has 234 valence electrons. The number of carbonyl (C=O) groups excluding carboxylic acids is 2. The highest BCUT2D eigenvalue weighted by Gasteiger charge is 2.56. The van der Waals surface area contributed by atoms with E-state index >= 15 is 0 Å². The van der Waals surface area contributed by atoms with Crippen molar-refractivity contribution in [3.8, 4) is 23.0 Å². The molecule has 0 unspecified atom stereocenters. The molecule has 45 heavy (non-hydrogen) atoms. The molecule has 2 N–H and O–H groups in total. The van der Waals surface area contributed by atoms with Gasteiger partial charge < -0.3 is 29.7 Å². The van der Waals surface area contributed by atoms with Crippen LogP contribution >= 0.6 is 0 Å². The van der Waals surface area contributed by atoms with Gasteiger partial charge in [0.05, 0.1) is 19.2 Å². The molecular weight excluding hydrogens is 575 g/mol. The summed E-state index contributed by atoms with van der Waals surface area (Å²) in [5.41, 5.74) is 1.36. The van der Waals surface area contributed by atoms with Gasteiger partial charge in [0.1, 0.15) is 22.7 Å². The van der Waals surface area contributed by atoms with E-state index in [9.17, 15) is 14.0 Å². The number of ether oxygens (including phenoxy) is 3. The summed E-state index contributed by atoms with van der Waals surface area (Å²) in [4.78, 5) is 33.0. The molecule has 1 saturated heterocycles. The average molecular weight is 613 g/mol. The lowest BCUT2D eigenvalue weighted by atomic mass is 9.98. The van der Waals surface area contributed by atoms with Gasteiger partial charge in [-0.15, -0.1) is 0 Å². The van der Waals surface area contributed by atoms with Crippen molar-refractivity contribution in [1.82, 2.24) is 9.88 Å². The van der Waals surface area contributed by atoms with E-state index in [-0.39, 0.29) is 5.91 Å². The van der Waals surface area contributed by atoms with Crippen LogP contribution in [0, 0.1) is 24.1 Å². The number of pyridine rings is 1. The van der Waals surface area contributed by atoms with E-state index in [0.717, 1.165) is 42.4 Å². The zero-order chi connectivity index (χ0) is 31.6. The van der Waals surface area contributed by atoms with Crippen LogP contribution in [0.25, 0.3) is 10.9 Å². The molecule has 1 saturated carbocycles. The number of likely N-dealkylation sites (tertiary alicyclic amines) is 1. The first kappa shape index (κ1) is 30.3. The Morgan fingerprint density at radius 3 is 2.27 bits per heavy atom. The van der Waals surface area contributed by atoms with Gasteiger partial charge in [-0.05, 0) is 119 Å². The molecule has 1 aromatic heterocycles. The molecule has 10 heteroatoms. The highest BCUT2D eigenvalue weighted by molar-refractivity contribution is 6.16. The summed E-state index contributed by atoms with van der Waals surface area (Å²) in [6, 6.07) is 16.4. The van der Waals surface area contributed by atoms with Crippen molar-refractivity contribution in [2.45, 2.75) is 32.6 Å². The summed E-state index contributed by atoms with van der Waals surface area (Å²) in [6.45, 7) is 4.68. The second-order valence-electron chi connectivity index (χ2n) is 12.0. The number of halogens is 1. The van der Waals surface area contributed by atoms with E-state index < -0.39 is 17.1 Å². The minimum atomic E-state index is -1.15. The Kier molecular flexibility index (Phi) is 8.58. The third-order valence-corrected chi connectivity index (χ3v) is 8.67. The molecule has 2 aliphatic rings. The molecule has 2 heterocycles. The van der Waals surface area contributed by atoms with Crippen LogP contribution in [0.15, 0.2) is 66.9 Å². The molecule has 2 amide bonds. The molecule has 1 aliphatic heterocycles.